The Balaban J connectivity index is 2.87. The van der Waals surface area contributed by atoms with Crippen LogP contribution in [-0.4, -0.2) is 19.8 Å². The van der Waals surface area contributed by atoms with E-state index in [2.05, 4.69) is 5.32 Å². The van der Waals surface area contributed by atoms with Crippen LogP contribution in [0.25, 0.3) is 0 Å². The van der Waals surface area contributed by atoms with Gasteiger partial charge < -0.3 is 5.32 Å². The van der Waals surface area contributed by atoms with Crippen LogP contribution in [0.4, 0.5) is 22.0 Å². The van der Waals surface area contributed by atoms with Crippen molar-refractivity contribution >= 4 is 0 Å². The summed E-state index contributed by atoms with van der Waals surface area (Å²) in [4.78, 5) is 0. The highest BCUT2D eigenvalue weighted by atomic mass is 19.4. The number of hydrogen-bond donors (Lipinski definition) is 1. The Kier molecular flexibility index (Phi) is 4.08. The Morgan fingerprint density at radius 3 is 1.94 bits per heavy atom. The van der Waals surface area contributed by atoms with Gasteiger partial charge in [0.25, 0.3) is 0 Å². The van der Waals surface area contributed by atoms with E-state index in [1.54, 1.807) is 7.05 Å². The van der Waals surface area contributed by atoms with E-state index in [9.17, 15) is 22.0 Å². The molecule has 6 heteroatoms. The molecule has 0 aromatic heterocycles. The van der Waals surface area contributed by atoms with Crippen LogP contribution in [0.3, 0.4) is 0 Å². The van der Waals surface area contributed by atoms with Crippen LogP contribution in [0, 0.1) is 0 Å². The number of benzene rings is 1. The van der Waals surface area contributed by atoms with Crippen LogP contribution < -0.4 is 5.32 Å². The quantitative estimate of drug-likeness (QED) is 0.813. The van der Waals surface area contributed by atoms with Crippen molar-refractivity contribution in [3.8, 4) is 0 Å². The van der Waals surface area contributed by atoms with Crippen LogP contribution in [0.15, 0.2) is 24.3 Å². The molecule has 0 bridgehead atoms. The van der Waals surface area contributed by atoms with Gasteiger partial charge in [0.05, 0.1) is 0 Å². The number of rotatable bonds is 4. The lowest BCUT2D eigenvalue weighted by Crippen LogP contribution is -2.33. The molecule has 0 aliphatic rings. The zero-order chi connectivity index (χ0) is 13.1. The molecular formula is C11H12F5N. The lowest BCUT2D eigenvalue weighted by Gasteiger charge is -2.19. The zero-order valence-corrected chi connectivity index (χ0v) is 9.11. The van der Waals surface area contributed by atoms with E-state index < -0.39 is 17.7 Å². The summed E-state index contributed by atoms with van der Waals surface area (Å²) in [6.45, 7) is 0.634. The van der Waals surface area contributed by atoms with Crippen molar-refractivity contribution in [2.45, 2.75) is 18.5 Å². The SMILES string of the molecule is CNCCc1ccc(C(F)(F)C(F)(F)F)cc1. The number of halogens is 5. The summed E-state index contributed by atoms with van der Waals surface area (Å²) < 4.78 is 62.0. The van der Waals surface area contributed by atoms with E-state index in [1.165, 1.54) is 12.1 Å². The van der Waals surface area contributed by atoms with E-state index in [1.807, 2.05) is 0 Å². The van der Waals surface area contributed by atoms with Crippen molar-refractivity contribution in [3.05, 3.63) is 35.4 Å². The molecule has 0 aliphatic heterocycles. The largest absolute Gasteiger partial charge is 0.458 e. The minimum absolute atomic E-state index is 0.578. The van der Waals surface area contributed by atoms with E-state index in [0.717, 1.165) is 12.1 Å². The van der Waals surface area contributed by atoms with Gasteiger partial charge in [0.1, 0.15) is 0 Å². The molecule has 0 aliphatic carbocycles. The smallest absolute Gasteiger partial charge is 0.319 e. The summed E-state index contributed by atoms with van der Waals surface area (Å²) in [5, 5.41) is 2.86. The average molecular weight is 253 g/mol. The fourth-order valence-electron chi connectivity index (χ4n) is 1.31. The molecule has 0 heterocycles. The number of nitrogens with one attached hydrogen (secondary N) is 1. The molecule has 0 fully saturated rings. The molecule has 1 rings (SSSR count). The molecule has 0 saturated carbocycles. The topological polar surface area (TPSA) is 12.0 Å². The Morgan fingerprint density at radius 1 is 1.00 bits per heavy atom. The summed E-state index contributed by atoms with van der Waals surface area (Å²) in [6, 6.07) is 4.20. The minimum atomic E-state index is -5.56. The van der Waals surface area contributed by atoms with Crippen LogP contribution in [0.1, 0.15) is 11.1 Å². The first kappa shape index (κ1) is 13.9. The fraction of sp³-hybridized carbons (Fsp3) is 0.455. The molecule has 17 heavy (non-hydrogen) atoms. The maximum atomic E-state index is 12.9. The summed E-state index contributed by atoms with van der Waals surface area (Å²) in [5.74, 6) is -4.80. The molecule has 1 nitrogen and oxygen atoms in total. The van der Waals surface area contributed by atoms with Crippen molar-refractivity contribution in [2.24, 2.45) is 0 Å². The first-order chi connectivity index (χ1) is 7.79. The van der Waals surface area contributed by atoms with Crippen molar-refractivity contribution < 1.29 is 22.0 Å². The number of hydrogen-bond acceptors (Lipinski definition) is 1. The molecule has 1 aromatic carbocycles. The maximum absolute atomic E-state index is 12.9. The van der Waals surface area contributed by atoms with Crippen LogP contribution >= 0.6 is 0 Å². The Hall–Kier alpha value is -1.17. The molecule has 0 amide bonds. The van der Waals surface area contributed by atoms with E-state index >= 15 is 0 Å². The monoisotopic (exact) mass is 253 g/mol. The highest BCUT2D eigenvalue weighted by Crippen LogP contribution is 2.43. The molecule has 0 spiro atoms. The van der Waals surface area contributed by atoms with Gasteiger partial charge in [-0.15, -0.1) is 0 Å². The molecule has 0 atom stereocenters. The third kappa shape index (κ3) is 3.15. The lowest BCUT2D eigenvalue weighted by molar-refractivity contribution is -0.289. The summed E-state index contributed by atoms with van der Waals surface area (Å²) in [6.07, 6.45) is -4.98. The van der Waals surface area contributed by atoms with Crippen molar-refractivity contribution in [3.63, 3.8) is 0 Å². The highest BCUT2D eigenvalue weighted by molar-refractivity contribution is 5.27. The van der Waals surface area contributed by atoms with Gasteiger partial charge in [-0.1, -0.05) is 24.3 Å². The molecule has 1 aromatic rings. The predicted octanol–water partition coefficient (Wildman–Crippen LogP) is 3.10. The normalized spacial score (nSPS) is 12.8. The van der Waals surface area contributed by atoms with E-state index in [4.69, 9.17) is 0 Å². The average Bonchev–Trinajstić information content (AvgIpc) is 2.25. The summed E-state index contributed by atoms with van der Waals surface area (Å²) in [7, 11) is 1.73. The summed E-state index contributed by atoms with van der Waals surface area (Å²) in [5.41, 5.74) is -0.320. The second kappa shape index (κ2) is 5.00. The van der Waals surface area contributed by atoms with E-state index in [0.29, 0.717) is 18.5 Å². The van der Waals surface area contributed by atoms with Crippen molar-refractivity contribution in [1.82, 2.24) is 5.32 Å². The van der Waals surface area contributed by atoms with Crippen LogP contribution in [0.5, 0.6) is 0 Å². The van der Waals surface area contributed by atoms with E-state index in [-0.39, 0.29) is 0 Å². The standard InChI is InChI=1S/C11H12F5N/c1-17-7-6-8-2-4-9(5-3-8)10(12,13)11(14,15)16/h2-5,17H,6-7H2,1H3. The molecule has 1 N–H and O–H groups in total. The fourth-order valence-corrected chi connectivity index (χ4v) is 1.31. The second-order valence-corrected chi connectivity index (χ2v) is 3.62. The van der Waals surface area contributed by atoms with Gasteiger partial charge in [-0.25, -0.2) is 0 Å². The molecule has 0 saturated heterocycles. The lowest BCUT2D eigenvalue weighted by atomic mass is 10.0. The van der Waals surface area contributed by atoms with Gasteiger partial charge in [0.2, 0.25) is 0 Å². The maximum Gasteiger partial charge on any atom is 0.458 e. The van der Waals surface area contributed by atoms with Gasteiger partial charge in [0, 0.05) is 5.56 Å². The number of likely N-dealkylation sites (N-methyl/N-ethyl adjacent to an activating group) is 1. The first-order valence-electron chi connectivity index (χ1n) is 4.97. The number of alkyl halides is 5. The minimum Gasteiger partial charge on any atom is -0.319 e. The molecule has 0 radical (unpaired) electrons. The third-order valence-corrected chi connectivity index (χ3v) is 2.34. The van der Waals surface area contributed by atoms with Gasteiger partial charge in [-0.05, 0) is 25.6 Å². The van der Waals surface area contributed by atoms with Crippen LogP contribution in [-0.2, 0) is 12.3 Å². The second-order valence-electron chi connectivity index (χ2n) is 3.62. The first-order valence-corrected chi connectivity index (χ1v) is 4.97. The van der Waals surface area contributed by atoms with Gasteiger partial charge >= 0.3 is 12.1 Å². The highest BCUT2D eigenvalue weighted by Gasteiger charge is 2.58. The van der Waals surface area contributed by atoms with Crippen molar-refractivity contribution in [2.75, 3.05) is 13.6 Å². The van der Waals surface area contributed by atoms with Gasteiger partial charge in [-0.2, -0.15) is 22.0 Å². The molecular weight excluding hydrogens is 241 g/mol. The molecule has 96 valence electrons. The van der Waals surface area contributed by atoms with Gasteiger partial charge in [-0.3, -0.25) is 0 Å². The van der Waals surface area contributed by atoms with Gasteiger partial charge in [0.15, 0.2) is 0 Å². The Bertz CT molecular complexity index is 355. The summed E-state index contributed by atoms with van der Waals surface area (Å²) >= 11 is 0. The molecule has 0 unspecified atom stereocenters. The zero-order valence-electron chi connectivity index (χ0n) is 9.11. The Morgan fingerprint density at radius 2 is 1.53 bits per heavy atom. The third-order valence-electron chi connectivity index (χ3n) is 2.34. The Labute approximate surface area is 95.6 Å². The van der Waals surface area contributed by atoms with Crippen LogP contribution in [0.2, 0.25) is 0 Å². The predicted molar refractivity (Wildman–Crippen MR) is 54.0 cm³/mol. The van der Waals surface area contributed by atoms with Crippen molar-refractivity contribution in [1.29, 1.82) is 0 Å².